The third kappa shape index (κ3) is 9.40. The molecule has 1 atom stereocenters. The topological polar surface area (TPSA) is 15.7 Å². The molecule has 3 nitrogen and oxygen atoms in total. The molecule has 0 aromatic heterocycles. The first-order valence-electron chi connectivity index (χ1n) is 29.1. The predicted octanol–water partition coefficient (Wildman–Crippen LogP) is 21.7. The second-order valence-corrected chi connectivity index (χ2v) is 21.9. The van der Waals surface area contributed by atoms with E-state index in [1.54, 1.807) is 0 Å². The first kappa shape index (κ1) is 51.0. The van der Waals surface area contributed by atoms with Gasteiger partial charge in [-0.15, -0.1) is 0 Å². The van der Waals surface area contributed by atoms with Crippen molar-refractivity contribution >= 4 is 55.7 Å². The average Bonchev–Trinajstić information content (AvgIpc) is 1.86. The first-order valence-corrected chi connectivity index (χ1v) is 29.1. The van der Waals surface area contributed by atoms with Crippen molar-refractivity contribution < 1.29 is 4.74 Å². The summed E-state index contributed by atoms with van der Waals surface area (Å²) in [5.74, 6) is 1.37. The summed E-state index contributed by atoms with van der Waals surface area (Å²) in [6.45, 7) is 5.02. The quantitative estimate of drug-likeness (QED) is 0.102. The van der Waals surface area contributed by atoms with Gasteiger partial charge in [-0.25, -0.2) is 0 Å². The fourth-order valence-electron chi connectivity index (χ4n) is 12.7. The summed E-state index contributed by atoms with van der Waals surface area (Å²) in [5, 5.41) is 4.83. The molecule has 1 unspecified atom stereocenters. The third-order valence-corrected chi connectivity index (χ3v) is 17.2. The van der Waals surface area contributed by atoms with E-state index in [2.05, 4.69) is 333 Å². The lowest BCUT2D eigenvalue weighted by Gasteiger charge is -2.34. The molecule has 13 aromatic rings. The van der Waals surface area contributed by atoms with Crippen LogP contribution in [0.15, 0.2) is 309 Å². The van der Waals surface area contributed by atoms with E-state index < -0.39 is 5.41 Å². The van der Waals surface area contributed by atoms with E-state index in [4.69, 9.17) is 4.74 Å². The summed E-state index contributed by atoms with van der Waals surface area (Å²) >= 11 is 0. The average molecular weight is 1070 g/mol. The normalized spacial score (nSPS) is 12.6. The number of para-hydroxylation sites is 2. The van der Waals surface area contributed by atoms with Gasteiger partial charge in [0.15, 0.2) is 0 Å². The number of nitrogens with zero attached hydrogens (tertiary/aromatic N) is 2. The van der Waals surface area contributed by atoms with Crippen LogP contribution in [0.4, 0.5) is 34.1 Å². The SMILES string of the molecule is CCC(C)c1ccc(COc2ccc(C3(c4ccccc4)c4cc(-c5ccc(N(c6ccccc6)c6cccc7ccccc67)cc5)ccc4-c4ccc(-c5ccc(N(c6ccccc6)c6cccc7ccccc67)cc5)cc43)cc2)cc1. The van der Waals surface area contributed by atoms with E-state index in [0.717, 1.165) is 74.1 Å². The molecule has 0 radical (unpaired) electrons. The second-order valence-electron chi connectivity index (χ2n) is 21.9. The minimum atomic E-state index is -0.681. The molecule has 0 bridgehead atoms. The number of rotatable bonds is 15. The summed E-state index contributed by atoms with van der Waals surface area (Å²) < 4.78 is 6.57. The molecular formula is C80H62N2O. The Morgan fingerprint density at radius 2 is 0.771 bits per heavy atom. The molecule has 83 heavy (non-hydrogen) atoms. The van der Waals surface area contributed by atoms with Crippen LogP contribution < -0.4 is 14.5 Å². The molecule has 0 amide bonds. The Kier molecular flexibility index (Phi) is 13.5. The standard InChI is InChI=1S/C80H62N2O/c1-3-56(2)58-35-33-57(34-36-58)55-83-71-49-43-66(44-50-71)80(65-23-7-4-8-24-65)76-53-63(59-37-45-69(46-38-59)81(67-25-9-5-10-26-67)78-31-17-21-61-19-13-15-29-72(61)78)41-51-74(76)75-52-42-64(54-77(75)80)60-39-47-70(48-40-60)82(68-27-11-6-12-28-68)79-32-18-22-62-20-14-16-30-73(62)79/h4-54,56H,3,55H2,1-2H3. The van der Waals surface area contributed by atoms with Crippen LogP contribution in [0.3, 0.4) is 0 Å². The van der Waals surface area contributed by atoms with Gasteiger partial charge in [0.2, 0.25) is 0 Å². The van der Waals surface area contributed by atoms with Gasteiger partial charge in [0.1, 0.15) is 12.4 Å². The van der Waals surface area contributed by atoms with E-state index in [1.807, 2.05) is 0 Å². The van der Waals surface area contributed by atoms with Crippen LogP contribution in [-0.2, 0) is 12.0 Å². The van der Waals surface area contributed by atoms with Gasteiger partial charge in [-0.05, 0) is 175 Å². The fourth-order valence-corrected chi connectivity index (χ4v) is 12.7. The molecule has 13 aromatic carbocycles. The van der Waals surface area contributed by atoms with Crippen molar-refractivity contribution in [2.24, 2.45) is 0 Å². The summed E-state index contributed by atoms with van der Waals surface area (Å²) in [6, 6.07) is 113. The van der Waals surface area contributed by atoms with Gasteiger partial charge < -0.3 is 14.5 Å². The van der Waals surface area contributed by atoms with Crippen molar-refractivity contribution in [3.05, 3.63) is 343 Å². The molecule has 0 N–H and O–H groups in total. The Hall–Kier alpha value is -10.2. The van der Waals surface area contributed by atoms with E-state index in [0.29, 0.717) is 12.5 Å². The highest BCUT2D eigenvalue weighted by molar-refractivity contribution is 6.00. The number of ether oxygens (including phenoxy) is 1. The zero-order valence-electron chi connectivity index (χ0n) is 46.7. The predicted molar refractivity (Wildman–Crippen MR) is 348 cm³/mol. The number of fused-ring (bicyclic) bond motifs is 5. The molecule has 0 heterocycles. The number of hydrogen-bond donors (Lipinski definition) is 0. The number of hydrogen-bond acceptors (Lipinski definition) is 3. The Morgan fingerprint density at radius 1 is 0.361 bits per heavy atom. The van der Waals surface area contributed by atoms with E-state index in [1.165, 1.54) is 60.5 Å². The highest BCUT2D eigenvalue weighted by Crippen LogP contribution is 2.58. The Bertz CT molecular complexity index is 4180. The van der Waals surface area contributed by atoms with Crippen molar-refractivity contribution in [3.63, 3.8) is 0 Å². The Labute approximate surface area is 487 Å². The van der Waals surface area contributed by atoms with Gasteiger partial charge in [0.05, 0.1) is 16.8 Å². The van der Waals surface area contributed by atoms with Crippen LogP contribution in [0.2, 0.25) is 0 Å². The van der Waals surface area contributed by atoms with Crippen LogP contribution in [0, 0.1) is 0 Å². The van der Waals surface area contributed by atoms with Crippen molar-refractivity contribution in [1.29, 1.82) is 0 Å². The van der Waals surface area contributed by atoms with Crippen LogP contribution in [0.1, 0.15) is 59.6 Å². The molecule has 1 aliphatic rings. The molecule has 3 heteroatoms. The molecule has 0 fully saturated rings. The maximum Gasteiger partial charge on any atom is 0.119 e. The van der Waals surface area contributed by atoms with Gasteiger partial charge in [-0.1, -0.05) is 238 Å². The second kappa shape index (κ2) is 22.0. The lowest BCUT2D eigenvalue weighted by molar-refractivity contribution is 0.306. The van der Waals surface area contributed by atoms with Gasteiger partial charge in [-0.3, -0.25) is 0 Å². The fraction of sp³-hybridized carbons (Fsp3) is 0.0750. The monoisotopic (exact) mass is 1070 g/mol. The maximum absolute atomic E-state index is 6.57. The van der Waals surface area contributed by atoms with E-state index in [-0.39, 0.29) is 0 Å². The van der Waals surface area contributed by atoms with Crippen LogP contribution in [-0.4, -0.2) is 0 Å². The number of benzene rings is 13. The molecule has 0 saturated carbocycles. The van der Waals surface area contributed by atoms with Gasteiger partial charge >= 0.3 is 0 Å². The molecule has 398 valence electrons. The zero-order chi connectivity index (χ0) is 55.7. The molecule has 0 spiro atoms. The highest BCUT2D eigenvalue weighted by atomic mass is 16.5. The molecule has 14 rings (SSSR count). The van der Waals surface area contributed by atoms with Gasteiger partial charge in [0.25, 0.3) is 0 Å². The highest BCUT2D eigenvalue weighted by Gasteiger charge is 2.46. The van der Waals surface area contributed by atoms with Crippen molar-refractivity contribution in [2.45, 2.75) is 38.2 Å². The summed E-state index contributed by atoms with van der Waals surface area (Å²) in [7, 11) is 0. The Balaban J connectivity index is 0.881. The zero-order valence-corrected chi connectivity index (χ0v) is 46.7. The lowest BCUT2D eigenvalue weighted by Crippen LogP contribution is -2.28. The summed E-state index contributed by atoms with van der Waals surface area (Å²) in [6.07, 6.45) is 1.12. The third-order valence-electron chi connectivity index (χ3n) is 17.2. The largest absolute Gasteiger partial charge is 0.489 e. The van der Waals surface area contributed by atoms with Crippen molar-refractivity contribution in [2.75, 3.05) is 9.80 Å². The molecule has 0 aliphatic heterocycles. The van der Waals surface area contributed by atoms with Crippen LogP contribution in [0.25, 0.3) is 54.9 Å². The first-order chi connectivity index (χ1) is 41.0. The Morgan fingerprint density at radius 3 is 1.25 bits per heavy atom. The molecule has 0 saturated heterocycles. The minimum absolute atomic E-state index is 0.496. The van der Waals surface area contributed by atoms with E-state index >= 15 is 0 Å². The maximum atomic E-state index is 6.57. The molecule has 1 aliphatic carbocycles. The van der Waals surface area contributed by atoms with Gasteiger partial charge in [-0.2, -0.15) is 0 Å². The van der Waals surface area contributed by atoms with Crippen LogP contribution >= 0.6 is 0 Å². The van der Waals surface area contributed by atoms with Gasteiger partial charge in [0, 0.05) is 33.5 Å². The van der Waals surface area contributed by atoms with Crippen molar-refractivity contribution in [3.8, 4) is 39.1 Å². The smallest absolute Gasteiger partial charge is 0.119 e. The number of anilines is 6. The molecular weight excluding hydrogens is 1000 g/mol. The van der Waals surface area contributed by atoms with Crippen LogP contribution in [0.5, 0.6) is 5.75 Å². The minimum Gasteiger partial charge on any atom is -0.489 e. The lowest BCUT2D eigenvalue weighted by atomic mass is 9.67. The van der Waals surface area contributed by atoms with Crippen molar-refractivity contribution in [1.82, 2.24) is 0 Å². The summed E-state index contributed by atoms with van der Waals surface area (Å²) in [4.78, 5) is 4.75. The summed E-state index contributed by atoms with van der Waals surface area (Å²) in [5.41, 5.74) is 20.5. The van der Waals surface area contributed by atoms with E-state index in [9.17, 15) is 0 Å².